The first-order chi connectivity index (χ1) is 5.86. The maximum absolute atomic E-state index is 9.07. The van der Waals surface area contributed by atoms with E-state index in [0.29, 0.717) is 17.8 Å². The Labute approximate surface area is 82.3 Å². The minimum Gasteiger partial charge on any atom is -0.368 e. The van der Waals surface area contributed by atoms with Crippen LogP contribution in [0.5, 0.6) is 0 Å². The van der Waals surface area contributed by atoms with Crippen LogP contribution >= 0.6 is 0 Å². The molecule has 0 fully saturated rings. The van der Waals surface area contributed by atoms with Crippen LogP contribution < -0.4 is 0 Å². The topological polar surface area (TPSA) is 29.5 Å². The fraction of sp³-hybridized carbons (Fsp3) is 1.00. The highest BCUT2D eigenvalue weighted by Crippen LogP contribution is 2.24. The van der Waals surface area contributed by atoms with Gasteiger partial charge in [-0.3, -0.25) is 0 Å². The van der Waals surface area contributed by atoms with Gasteiger partial charge >= 0.3 is 0 Å². The lowest BCUT2D eigenvalue weighted by Gasteiger charge is -2.29. The predicted molar refractivity (Wildman–Crippen MR) is 55.4 cm³/mol. The smallest absolute Gasteiger partial charge is 0.152 e. The summed E-state index contributed by atoms with van der Waals surface area (Å²) < 4.78 is 5.34. The Bertz CT molecular complexity index is 132. The van der Waals surface area contributed by atoms with Crippen molar-refractivity contribution in [1.29, 1.82) is 0 Å². The molecule has 0 aliphatic carbocycles. The van der Waals surface area contributed by atoms with E-state index in [1.165, 1.54) is 0 Å². The number of ether oxygens (including phenoxy) is 1. The second kappa shape index (κ2) is 5.61. The van der Waals surface area contributed by atoms with Crippen LogP contribution in [0.2, 0.25) is 0 Å². The number of aliphatic hydroxyl groups excluding tert-OH is 1. The molecule has 0 saturated heterocycles. The van der Waals surface area contributed by atoms with Gasteiger partial charge in [0.2, 0.25) is 0 Å². The van der Waals surface area contributed by atoms with E-state index in [0.717, 1.165) is 0 Å². The summed E-state index contributed by atoms with van der Waals surface area (Å²) in [5, 5.41) is 9.07. The molecule has 0 amide bonds. The summed E-state index contributed by atoms with van der Waals surface area (Å²) in [4.78, 5) is 0. The van der Waals surface area contributed by atoms with Crippen molar-refractivity contribution in [2.24, 2.45) is 17.8 Å². The average Bonchev–Trinajstić information content (AvgIpc) is 2.00. The normalized spacial score (nSPS) is 21.2. The first kappa shape index (κ1) is 12.9. The number of aliphatic hydroxyl groups is 1. The number of hydrogen-bond donors (Lipinski definition) is 1. The van der Waals surface area contributed by atoms with E-state index in [-0.39, 0.29) is 6.10 Å². The summed E-state index contributed by atoms with van der Waals surface area (Å²) in [5.41, 5.74) is 0. The molecule has 13 heavy (non-hydrogen) atoms. The molecule has 0 spiro atoms. The van der Waals surface area contributed by atoms with Gasteiger partial charge in [0.05, 0.1) is 6.10 Å². The van der Waals surface area contributed by atoms with Crippen LogP contribution in [0, 0.1) is 17.8 Å². The molecule has 0 aliphatic rings. The van der Waals surface area contributed by atoms with Crippen LogP contribution in [0.3, 0.4) is 0 Å². The van der Waals surface area contributed by atoms with Gasteiger partial charge in [-0.2, -0.15) is 0 Å². The van der Waals surface area contributed by atoms with Crippen LogP contribution in [0.15, 0.2) is 0 Å². The largest absolute Gasteiger partial charge is 0.368 e. The van der Waals surface area contributed by atoms with Crippen molar-refractivity contribution in [3.63, 3.8) is 0 Å². The second-order valence-electron chi connectivity index (χ2n) is 4.40. The van der Waals surface area contributed by atoms with E-state index in [1.54, 1.807) is 6.92 Å². The first-order valence-electron chi connectivity index (χ1n) is 5.19. The first-order valence-corrected chi connectivity index (χ1v) is 5.19. The minimum atomic E-state index is -0.656. The van der Waals surface area contributed by atoms with Gasteiger partial charge in [0.25, 0.3) is 0 Å². The van der Waals surface area contributed by atoms with Crippen molar-refractivity contribution in [3.8, 4) is 0 Å². The zero-order chi connectivity index (χ0) is 10.6. The fourth-order valence-corrected chi connectivity index (χ4v) is 1.47. The zero-order valence-electron chi connectivity index (χ0n) is 9.74. The standard InChI is InChI=1S/C11H24O2/c1-7(2)8(3)9(4)10(5)13-11(6)12/h7-12H,1-6H3. The van der Waals surface area contributed by atoms with Crippen molar-refractivity contribution in [2.75, 3.05) is 0 Å². The molecule has 0 aromatic heterocycles. The lowest BCUT2D eigenvalue weighted by molar-refractivity contribution is -0.138. The molecule has 0 aromatic rings. The molecule has 2 nitrogen and oxygen atoms in total. The van der Waals surface area contributed by atoms with E-state index >= 15 is 0 Å². The minimum absolute atomic E-state index is 0.123. The van der Waals surface area contributed by atoms with Crippen LogP contribution in [0.25, 0.3) is 0 Å². The van der Waals surface area contributed by atoms with Crippen LogP contribution in [0.1, 0.15) is 41.5 Å². The quantitative estimate of drug-likeness (QED) is 0.672. The third-order valence-corrected chi connectivity index (χ3v) is 3.03. The van der Waals surface area contributed by atoms with Gasteiger partial charge in [-0.1, -0.05) is 27.7 Å². The highest BCUT2D eigenvalue weighted by atomic mass is 16.6. The lowest BCUT2D eigenvalue weighted by atomic mass is 9.83. The highest BCUT2D eigenvalue weighted by molar-refractivity contribution is 4.70. The molecule has 1 N–H and O–H groups in total. The Hall–Kier alpha value is -0.0800. The van der Waals surface area contributed by atoms with Crippen LogP contribution in [-0.2, 0) is 4.74 Å². The molecule has 4 atom stereocenters. The summed E-state index contributed by atoms with van der Waals surface area (Å²) in [6.45, 7) is 12.5. The van der Waals surface area contributed by atoms with E-state index in [1.807, 2.05) is 6.92 Å². The van der Waals surface area contributed by atoms with E-state index < -0.39 is 6.29 Å². The van der Waals surface area contributed by atoms with Gasteiger partial charge in [-0.25, -0.2) is 0 Å². The Kier molecular flexibility index (Phi) is 5.57. The summed E-state index contributed by atoms with van der Waals surface area (Å²) in [6, 6.07) is 0. The van der Waals surface area contributed by atoms with Crippen molar-refractivity contribution in [3.05, 3.63) is 0 Å². The Morgan fingerprint density at radius 1 is 0.846 bits per heavy atom. The molecule has 2 heteroatoms. The van der Waals surface area contributed by atoms with Gasteiger partial charge in [0.1, 0.15) is 0 Å². The molecule has 0 saturated carbocycles. The Morgan fingerprint density at radius 2 is 1.31 bits per heavy atom. The molecule has 0 bridgehead atoms. The number of hydrogen-bond acceptors (Lipinski definition) is 2. The molecule has 4 unspecified atom stereocenters. The lowest BCUT2D eigenvalue weighted by Crippen LogP contribution is -2.29. The SMILES string of the molecule is CC(O)OC(C)C(C)C(C)C(C)C. The fourth-order valence-electron chi connectivity index (χ4n) is 1.47. The molecule has 0 aromatic carbocycles. The Morgan fingerprint density at radius 3 is 1.62 bits per heavy atom. The molecular formula is C11H24O2. The molecule has 0 radical (unpaired) electrons. The maximum Gasteiger partial charge on any atom is 0.152 e. The van der Waals surface area contributed by atoms with Gasteiger partial charge < -0.3 is 9.84 Å². The van der Waals surface area contributed by atoms with Crippen molar-refractivity contribution in [2.45, 2.75) is 53.9 Å². The summed E-state index contributed by atoms with van der Waals surface area (Å²) >= 11 is 0. The van der Waals surface area contributed by atoms with E-state index in [2.05, 4.69) is 27.7 Å². The van der Waals surface area contributed by atoms with Crippen molar-refractivity contribution < 1.29 is 9.84 Å². The molecular weight excluding hydrogens is 164 g/mol. The summed E-state index contributed by atoms with van der Waals surface area (Å²) in [5.74, 6) is 1.76. The Balaban J connectivity index is 4.01. The van der Waals surface area contributed by atoms with Gasteiger partial charge in [-0.15, -0.1) is 0 Å². The predicted octanol–water partition coefficient (Wildman–Crippen LogP) is 2.66. The van der Waals surface area contributed by atoms with Crippen molar-refractivity contribution in [1.82, 2.24) is 0 Å². The average molecular weight is 188 g/mol. The summed E-state index contributed by atoms with van der Waals surface area (Å²) in [6.07, 6.45) is -0.533. The summed E-state index contributed by atoms with van der Waals surface area (Å²) in [7, 11) is 0. The van der Waals surface area contributed by atoms with Gasteiger partial charge in [0, 0.05) is 0 Å². The second-order valence-corrected chi connectivity index (χ2v) is 4.40. The van der Waals surface area contributed by atoms with Crippen LogP contribution in [0.4, 0.5) is 0 Å². The third-order valence-electron chi connectivity index (χ3n) is 3.03. The zero-order valence-corrected chi connectivity index (χ0v) is 9.74. The third kappa shape index (κ3) is 4.63. The molecule has 0 rings (SSSR count). The van der Waals surface area contributed by atoms with Gasteiger partial charge in [0.15, 0.2) is 6.29 Å². The maximum atomic E-state index is 9.07. The highest BCUT2D eigenvalue weighted by Gasteiger charge is 2.22. The van der Waals surface area contributed by atoms with Crippen LogP contribution in [-0.4, -0.2) is 17.5 Å². The molecule has 80 valence electrons. The molecule has 0 aliphatic heterocycles. The molecule has 0 heterocycles. The monoisotopic (exact) mass is 188 g/mol. The van der Waals surface area contributed by atoms with Gasteiger partial charge in [-0.05, 0) is 31.6 Å². The number of rotatable bonds is 5. The van der Waals surface area contributed by atoms with E-state index in [4.69, 9.17) is 9.84 Å². The van der Waals surface area contributed by atoms with Crippen molar-refractivity contribution >= 4 is 0 Å². The van der Waals surface area contributed by atoms with E-state index in [9.17, 15) is 0 Å².